The molecule has 0 amide bonds. The third kappa shape index (κ3) is 3.23. The Bertz CT molecular complexity index is 1010. The zero-order chi connectivity index (χ0) is 18.5. The summed E-state index contributed by atoms with van der Waals surface area (Å²) < 4.78 is 5.40. The van der Waals surface area contributed by atoms with Crippen LogP contribution in [0, 0.1) is 11.8 Å². The Morgan fingerprint density at radius 3 is 2.43 bits per heavy atom. The molecule has 0 N–H and O–H groups in total. The van der Waals surface area contributed by atoms with E-state index >= 15 is 0 Å². The highest BCUT2D eigenvalue weighted by atomic mass is 35.5. The van der Waals surface area contributed by atoms with Gasteiger partial charge < -0.3 is 17.1 Å². The fourth-order valence-electron chi connectivity index (χ4n) is 4.89. The Kier molecular flexibility index (Phi) is 5.41. The number of pyridine rings is 1. The monoisotopic (exact) mass is 412 g/mol. The van der Waals surface area contributed by atoms with Crippen LogP contribution in [0.3, 0.4) is 0 Å². The molecule has 2 nitrogen and oxygen atoms in total. The minimum atomic E-state index is 0. The number of halogens is 1. The minimum Gasteiger partial charge on any atom is -1.00 e. The van der Waals surface area contributed by atoms with E-state index in [9.17, 15) is 0 Å². The Morgan fingerprint density at radius 2 is 1.68 bits per heavy atom. The number of fused-ring (bicyclic) bond motifs is 4. The molecule has 28 heavy (non-hydrogen) atoms. The molecule has 0 radical (unpaired) electrons. The zero-order valence-electron chi connectivity index (χ0n) is 16.8. The summed E-state index contributed by atoms with van der Waals surface area (Å²) in [5, 5.41) is 1.46. The lowest BCUT2D eigenvalue weighted by Gasteiger charge is -2.25. The molecular formula is C24H27ClNOS-. The molecule has 0 spiro atoms. The van der Waals surface area contributed by atoms with Gasteiger partial charge in [0, 0.05) is 16.0 Å². The predicted molar refractivity (Wildman–Crippen MR) is 114 cm³/mol. The van der Waals surface area contributed by atoms with Gasteiger partial charge in [-0.25, -0.2) is 4.98 Å². The van der Waals surface area contributed by atoms with Gasteiger partial charge in [-0.05, 0) is 84.7 Å². The number of methoxy groups -OCH3 is 1. The number of benzene rings is 1. The molecule has 0 fully saturated rings. The largest absolute Gasteiger partial charge is 1.00 e. The summed E-state index contributed by atoms with van der Waals surface area (Å²) in [5.74, 6) is 2.46. The average molecular weight is 413 g/mol. The quantitative estimate of drug-likeness (QED) is 0.644. The average Bonchev–Trinajstić information content (AvgIpc) is 3.03. The normalized spacial score (nSPS) is 21.0. The third-order valence-corrected chi connectivity index (χ3v) is 7.58. The van der Waals surface area contributed by atoms with Crippen molar-refractivity contribution in [3.63, 3.8) is 0 Å². The standard InChI is InChI=1S/C24H27NOS.ClH/c1-14-5-11-20-19(12-14)22(16-6-8-17(26-3)9-7-16)23-18-10-4-15(2)13-21(18)27-24(23)25-20;/h6-9,14-15H,4-5,10-13H2,1-3H3;1H/p-1. The lowest BCUT2D eigenvalue weighted by atomic mass is 9.81. The van der Waals surface area contributed by atoms with Gasteiger partial charge in [0.15, 0.2) is 0 Å². The second kappa shape index (κ2) is 7.68. The van der Waals surface area contributed by atoms with Crippen LogP contribution in [0.15, 0.2) is 24.3 Å². The number of ether oxygens (including phenoxy) is 1. The molecule has 0 saturated carbocycles. The number of hydrogen-bond donors (Lipinski definition) is 0. The van der Waals surface area contributed by atoms with E-state index in [4.69, 9.17) is 9.72 Å². The highest BCUT2D eigenvalue weighted by molar-refractivity contribution is 7.19. The molecule has 2 aliphatic carbocycles. The van der Waals surface area contributed by atoms with Crippen LogP contribution in [0.25, 0.3) is 21.3 Å². The second-order valence-corrected chi connectivity index (χ2v) is 9.60. The molecule has 2 aliphatic rings. The molecule has 2 aromatic heterocycles. The first-order valence-electron chi connectivity index (χ1n) is 10.2. The van der Waals surface area contributed by atoms with Crippen molar-refractivity contribution >= 4 is 21.6 Å². The Hall–Kier alpha value is -1.58. The molecule has 2 atom stereocenters. The molecule has 3 aromatic rings. The Labute approximate surface area is 177 Å². The fraction of sp³-hybridized carbons (Fsp3) is 0.458. The van der Waals surface area contributed by atoms with E-state index in [1.165, 1.54) is 58.3 Å². The third-order valence-electron chi connectivity index (χ3n) is 6.43. The van der Waals surface area contributed by atoms with Crippen LogP contribution in [0.2, 0.25) is 0 Å². The van der Waals surface area contributed by atoms with E-state index in [-0.39, 0.29) is 12.4 Å². The molecule has 5 rings (SSSR count). The van der Waals surface area contributed by atoms with Crippen molar-refractivity contribution in [2.24, 2.45) is 11.8 Å². The smallest absolute Gasteiger partial charge is 0.124 e. The predicted octanol–water partition coefficient (Wildman–Crippen LogP) is 3.23. The molecule has 1 aromatic carbocycles. The van der Waals surface area contributed by atoms with Gasteiger partial charge in [-0.3, -0.25) is 0 Å². The SMILES string of the molecule is COc1ccc(-c2c3c(nc4sc5c(c24)CCC(C)C5)CCC(C)C3)cc1.[Cl-]. The number of nitrogens with zero attached hydrogens (tertiary/aromatic N) is 1. The molecule has 2 heterocycles. The minimum absolute atomic E-state index is 0. The van der Waals surface area contributed by atoms with Crippen LogP contribution in [0.5, 0.6) is 5.75 Å². The molecule has 2 unspecified atom stereocenters. The summed E-state index contributed by atoms with van der Waals surface area (Å²) in [6.45, 7) is 4.77. The Morgan fingerprint density at radius 1 is 0.964 bits per heavy atom. The fourth-order valence-corrected chi connectivity index (χ4v) is 6.31. The number of aryl methyl sites for hydroxylation is 2. The molecule has 4 heteroatoms. The lowest BCUT2D eigenvalue weighted by molar-refractivity contribution is -0.00000589. The zero-order valence-corrected chi connectivity index (χ0v) is 18.4. The van der Waals surface area contributed by atoms with Gasteiger partial charge in [0.05, 0.1) is 7.11 Å². The maximum absolute atomic E-state index is 5.40. The van der Waals surface area contributed by atoms with E-state index in [0.717, 1.165) is 30.4 Å². The van der Waals surface area contributed by atoms with E-state index in [1.807, 2.05) is 11.3 Å². The molecule has 0 aliphatic heterocycles. The topological polar surface area (TPSA) is 22.1 Å². The first-order chi connectivity index (χ1) is 13.1. The first-order valence-corrected chi connectivity index (χ1v) is 11.1. The number of aromatic nitrogens is 1. The summed E-state index contributed by atoms with van der Waals surface area (Å²) in [5.41, 5.74) is 7.24. The van der Waals surface area contributed by atoms with Gasteiger partial charge >= 0.3 is 0 Å². The van der Waals surface area contributed by atoms with Gasteiger partial charge in [-0.15, -0.1) is 11.3 Å². The van der Waals surface area contributed by atoms with Crippen LogP contribution < -0.4 is 17.1 Å². The summed E-state index contributed by atoms with van der Waals surface area (Å²) in [7, 11) is 1.74. The van der Waals surface area contributed by atoms with Gasteiger partial charge in [0.1, 0.15) is 10.6 Å². The number of rotatable bonds is 2. The summed E-state index contributed by atoms with van der Waals surface area (Å²) >= 11 is 1.96. The van der Waals surface area contributed by atoms with Crippen LogP contribution in [-0.2, 0) is 25.7 Å². The van der Waals surface area contributed by atoms with Crippen LogP contribution >= 0.6 is 11.3 Å². The van der Waals surface area contributed by atoms with Crippen molar-refractivity contribution < 1.29 is 17.1 Å². The van der Waals surface area contributed by atoms with Gasteiger partial charge in [0.25, 0.3) is 0 Å². The van der Waals surface area contributed by atoms with E-state index in [2.05, 4.69) is 38.1 Å². The van der Waals surface area contributed by atoms with Crippen molar-refractivity contribution in [3.05, 3.63) is 46.0 Å². The van der Waals surface area contributed by atoms with Gasteiger partial charge in [-0.2, -0.15) is 0 Å². The molecule has 0 saturated heterocycles. The maximum Gasteiger partial charge on any atom is 0.124 e. The van der Waals surface area contributed by atoms with E-state index < -0.39 is 0 Å². The highest BCUT2D eigenvalue weighted by Crippen LogP contribution is 2.45. The van der Waals surface area contributed by atoms with Crippen molar-refractivity contribution in [3.8, 4) is 16.9 Å². The van der Waals surface area contributed by atoms with Crippen LogP contribution in [0.4, 0.5) is 0 Å². The summed E-state index contributed by atoms with van der Waals surface area (Å²) in [4.78, 5) is 8.05. The van der Waals surface area contributed by atoms with Crippen molar-refractivity contribution in [2.75, 3.05) is 7.11 Å². The Balaban J connectivity index is 0.00000192. The van der Waals surface area contributed by atoms with E-state index in [0.29, 0.717) is 0 Å². The highest BCUT2D eigenvalue weighted by Gasteiger charge is 2.28. The first kappa shape index (κ1) is 19.7. The van der Waals surface area contributed by atoms with Crippen LogP contribution in [-0.4, -0.2) is 12.1 Å². The number of thiophene rings is 1. The van der Waals surface area contributed by atoms with Crippen molar-refractivity contribution in [1.82, 2.24) is 4.98 Å². The lowest BCUT2D eigenvalue weighted by Crippen LogP contribution is -3.00. The van der Waals surface area contributed by atoms with Crippen molar-refractivity contribution in [1.29, 1.82) is 0 Å². The molecule has 0 bridgehead atoms. The van der Waals surface area contributed by atoms with Crippen molar-refractivity contribution in [2.45, 2.75) is 52.4 Å². The van der Waals surface area contributed by atoms with Gasteiger partial charge in [0.2, 0.25) is 0 Å². The van der Waals surface area contributed by atoms with E-state index in [1.54, 1.807) is 17.6 Å². The summed E-state index contributed by atoms with van der Waals surface area (Å²) in [6, 6.07) is 8.67. The number of hydrogen-bond acceptors (Lipinski definition) is 3. The second-order valence-electron chi connectivity index (χ2n) is 8.52. The van der Waals surface area contributed by atoms with Gasteiger partial charge in [-0.1, -0.05) is 26.0 Å². The van der Waals surface area contributed by atoms with Crippen LogP contribution in [0.1, 0.15) is 48.4 Å². The molecular weight excluding hydrogens is 386 g/mol. The molecule has 148 valence electrons. The maximum atomic E-state index is 5.40. The summed E-state index contributed by atoms with van der Waals surface area (Å²) in [6.07, 6.45) is 7.26.